The molecule has 1 aromatic rings. The van der Waals surface area contributed by atoms with Gasteiger partial charge in [-0.3, -0.25) is 4.98 Å². The van der Waals surface area contributed by atoms with Gasteiger partial charge in [-0.1, -0.05) is 30.9 Å². The van der Waals surface area contributed by atoms with Crippen LogP contribution in [-0.2, 0) is 6.54 Å². The fraction of sp³-hybridized carbons (Fsp3) is 0.538. The lowest BCUT2D eigenvalue weighted by atomic mass is 9.96. The van der Waals surface area contributed by atoms with Gasteiger partial charge in [-0.25, -0.2) is 4.99 Å². The van der Waals surface area contributed by atoms with Gasteiger partial charge in [0, 0.05) is 12.2 Å². The topological polar surface area (TPSA) is 63.3 Å². The summed E-state index contributed by atoms with van der Waals surface area (Å²) in [6, 6.07) is 4.16. The number of pyridine rings is 1. The number of aliphatic imine (C=N–C) groups is 1. The average molecular weight is 395 g/mol. The summed E-state index contributed by atoms with van der Waals surface area (Å²) in [6.07, 6.45) is 7.90. The van der Waals surface area contributed by atoms with E-state index in [2.05, 4.69) is 15.3 Å². The summed E-state index contributed by atoms with van der Waals surface area (Å²) in [6.45, 7) is 0.489. The summed E-state index contributed by atoms with van der Waals surface area (Å²) in [7, 11) is 0. The minimum absolute atomic E-state index is 0. The van der Waals surface area contributed by atoms with Gasteiger partial charge >= 0.3 is 0 Å². The summed E-state index contributed by atoms with van der Waals surface area (Å²) in [4.78, 5) is 8.47. The van der Waals surface area contributed by atoms with E-state index < -0.39 is 0 Å². The van der Waals surface area contributed by atoms with Crippen molar-refractivity contribution in [1.82, 2.24) is 10.3 Å². The second kappa shape index (κ2) is 8.58. The molecular formula is C13H20ClIN4. The Morgan fingerprint density at radius 1 is 1.37 bits per heavy atom. The zero-order valence-corrected chi connectivity index (χ0v) is 13.9. The van der Waals surface area contributed by atoms with Crippen molar-refractivity contribution in [3.05, 3.63) is 29.0 Å². The molecule has 3 N–H and O–H groups in total. The quantitative estimate of drug-likeness (QED) is 0.470. The van der Waals surface area contributed by atoms with Crippen LogP contribution in [0.2, 0.25) is 5.02 Å². The van der Waals surface area contributed by atoms with E-state index in [1.54, 1.807) is 6.20 Å². The first-order chi connectivity index (χ1) is 8.74. The molecule has 1 fully saturated rings. The van der Waals surface area contributed by atoms with E-state index in [1.807, 2.05) is 12.1 Å². The predicted molar refractivity (Wildman–Crippen MR) is 90.0 cm³/mol. The van der Waals surface area contributed by atoms with Crippen LogP contribution in [0.15, 0.2) is 23.3 Å². The molecule has 1 aromatic heterocycles. The average Bonchev–Trinajstić information content (AvgIpc) is 2.39. The van der Waals surface area contributed by atoms with E-state index >= 15 is 0 Å². The molecule has 1 aliphatic carbocycles. The lowest BCUT2D eigenvalue weighted by Crippen LogP contribution is -2.41. The zero-order valence-electron chi connectivity index (χ0n) is 10.8. The minimum atomic E-state index is 0. The molecule has 0 unspecified atom stereocenters. The first-order valence-electron chi connectivity index (χ1n) is 6.41. The van der Waals surface area contributed by atoms with Gasteiger partial charge in [-0.2, -0.15) is 0 Å². The molecule has 4 nitrogen and oxygen atoms in total. The largest absolute Gasteiger partial charge is 0.370 e. The van der Waals surface area contributed by atoms with Crippen LogP contribution in [0.5, 0.6) is 0 Å². The van der Waals surface area contributed by atoms with Crippen molar-refractivity contribution in [3.63, 3.8) is 0 Å². The van der Waals surface area contributed by atoms with E-state index in [4.69, 9.17) is 17.3 Å². The molecule has 2 rings (SSSR count). The Kier molecular flexibility index (Phi) is 7.45. The molecule has 0 saturated heterocycles. The Morgan fingerprint density at radius 2 is 2.11 bits per heavy atom. The number of nitrogens with zero attached hydrogens (tertiary/aromatic N) is 2. The number of halogens is 2. The molecule has 0 bridgehead atoms. The Morgan fingerprint density at radius 3 is 2.74 bits per heavy atom. The molecule has 0 radical (unpaired) electrons. The Bertz CT molecular complexity index is 402. The van der Waals surface area contributed by atoms with Crippen molar-refractivity contribution < 1.29 is 0 Å². The van der Waals surface area contributed by atoms with Crippen LogP contribution in [-0.4, -0.2) is 17.0 Å². The van der Waals surface area contributed by atoms with Crippen LogP contribution in [0.3, 0.4) is 0 Å². The predicted octanol–water partition coefficient (Wildman–Crippen LogP) is 3.09. The summed E-state index contributed by atoms with van der Waals surface area (Å²) in [5.74, 6) is 0.513. The van der Waals surface area contributed by atoms with Crippen molar-refractivity contribution in [2.75, 3.05) is 0 Å². The van der Waals surface area contributed by atoms with E-state index in [0.717, 1.165) is 5.69 Å². The first kappa shape index (κ1) is 16.5. The molecule has 0 amide bonds. The minimum Gasteiger partial charge on any atom is -0.370 e. The highest BCUT2D eigenvalue weighted by Gasteiger charge is 2.13. The molecule has 0 atom stereocenters. The second-order valence-electron chi connectivity index (χ2n) is 4.65. The molecule has 1 saturated carbocycles. The fourth-order valence-corrected chi connectivity index (χ4v) is 2.28. The van der Waals surface area contributed by atoms with Gasteiger partial charge in [0.15, 0.2) is 5.96 Å². The normalized spacial score (nSPS) is 16.8. The highest BCUT2D eigenvalue weighted by molar-refractivity contribution is 14.0. The van der Waals surface area contributed by atoms with Crippen molar-refractivity contribution in [2.45, 2.75) is 44.7 Å². The zero-order chi connectivity index (χ0) is 12.8. The first-order valence-corrected chi connectivity index (χ1v) is 6.79. The molecular weight excluding hydrogens is 375 g/mol. The molecule has 106 valence electrons. The van der Waals surface area contributed by atoms with Crippen molar-refractivity contribution >= 4 is 41.5 Å². The van der Waals surface area contributed by atoms with Crippen molar-refractivity contribution in [2.24, 2.45) is 10.7 Å². The standard InChI is InChI=1S/C13H19ClN4.HI/c14-10-6-7-12(16-8-10)9-17-13(15)18-11-4-2-1-3-5-11;/h6-8,11H,1-5,9H2,(H3,15,17,18);1H. The molecule has 1 aliphatic rings. The summed E-state index contributed by atoms with van der Waals surface area (Å²) in [5, 5.41) is 3.91. The van der Waals surface area contributed by atoms with E-state index in [0.29, 0.717) is 23.6 Å². The van der Waals surface area contributed by atoms with E-state index in [9.17, 15) is 0 Å². The summed E-state index contributed by atoms with van der Waals surface area (Å²) >= 11 is 5.77. The number of hydrogen-bond donors (Lipinski definition) is 2. The number of nitrogens with one attached hydrogen (secondary N) is 1. The van der Waals surface area contributed by atoms with Crippen LogP contribution in [0.1, 0.15) is 37.8 Å². The van der Waals surface area contributed by atoms with E-state index in [-0.39, 0.29) is 24.0 Å². The third kappa shape index (κ3) is 5.95. The number of aromatic nitrogens is 1. The Balaban J connectivity index is 0.00000180. The summed E-state index contributed by atoms with van der Waals surface area (Å²) in [5.41, 5.74) is 6.74. The van der Waals surface area contributed by atoms with Gasteiger partial charge in [0.05, 0.1) is 17.3 Å². The van der Waals surface area contributed by atoms with Crippen LogP contribution in [0.4, 0.5) is 0 Å². The maximum Gasteiger partial charge on any atom is 0.189 e. The maximum absolute atomic E-state index is 5.87. The van der Waals surface area contributed by atoms with Gasteiger partial charge < -0.3 is 11.1 Å². The van der Waals surface area contributed by atoms with Gasteiger partial charge in [0.1, 0.15) is 0 Å². The fourth-order valence-electron chi connectivity index (χ4n) is 2.17. The van der Waals surface area contributed by atoms with E-state index in [1.165, 1.54) is 32.1 Å². The monoisotopic (exact) mass is 394 g/mol. The van der Waals surface area contributed by atoms with Gasteiger partial charge in [-0.15, -0.1) is 24.0 Å². The second-order valence-corrected chi connectivity index (χ2v) is 5.08. The van der Waals surface area contributed by atoms with Gasteiger partial charge in [0.2, 0.25) is 0 Å². The van der Waals surface area contributed by atoms with Crippen LogP contribution in [0, 0.1) is 0 Å². The van der Waals surface area contributed by atoms with Crippen molar-refractivity contribution in [1.29, 1.82) is 0 Å². The molecule has 19 heavy (non-hydrogen) atoms. The van der Waals surface area contributed by atoms with Gasteiger partial charge in [0.25, 0.3) is 0 Å². The number of guanidine groups is 1. The lowest BCUT2D eigenvalue weighted by Gasteiger charge is -2.23. The highest BCUT2D eigenvalue weighted by atomic mass is 127. The number of hydrogen-bond acceptors (Lipinski definition) is 2. The Hall–Kier alpha value is -0.560. The molecule has 0 spiro atoms. The molecule has 0 aliphatic heterocycles. The maximum atomic E-state index is 5.87. The number of nitrogens with two attached hydrogens (primary N) is 1. The van der Waals surface area contributed by atoms with Crippen LogP contribution < -0.4 is 11.1 Å². The van der Waals surface area contributed by atoms with Crippen molar-refractivity contribution in [3.8, 4) is 0 Å². The molecule has 1 heterocycles. The van der Waals surface area contributed by atoms with Crippen LogP contribution in [0.25, 0.3) is 0 Å². The SMILES string of the molecule is I.NC(=NCc1ccc(Cl)cn1)NC1CCCCC1. The Labute approximate surface area is 136 Å². The summed E-state index contributed by atoms with van der Waals surface area (Å²) < 4.78 is 0. The third-order valence-corrected chi connectivity index (χ3v) is 3.38. The van der Waals surface area contributed by atoms with Crippen LogP contribution >= 0.6 is 35.6 Å². The van der Waals surface area contributed by atoms with Gasteiger partial charge in [-0.05, 0) is 25.0 Å². The number of rotatable bonds is 3. The molecule has 6 heteroatoms. The smallest absolute Gasteiger partial charge is 0.189 e. The third-order valence-electron chi connectivity index (χ3n) is 3.16. The molecule has 0 aromatic carbocycles. The highest BCUT2D eigenvalue weighted by Crippen LogP contribution is 2.17. The lowest BCUT2D eigenvalue weighted by molar-refractivity contribution is 0.412.